The summed E-state index contributed by atoms with van der Waals surface area (Å²) >= 11 is 0. The summed E-state index contributed by atoms with van der Waals surface area (Å²) in [4.78, 5) is 11.9. The first kappa shape index (κ1) is 16.5. The summed E-state index contributed by atoms with van der Waals surface area (Å²) in [5, 5.41) is 14.9. The van der Waals surface area contributed by atoms with Gasteiger partial charge in [0.15, 0.2) is 0 Å². The number of rotatable bonds is 4. The molecule has 128 valence electrons. The van der Waals surface area contributed by atoms with Crippen LogP contribution in [0, 0.1) is 12.8 Å². The molecule has 2 aliphatic heterocycles. The number of hydrogen-bond acceptors (Lipinski definition) is 4. The smallest absolute Gasteiger partial charge is 0.220 e. The van der Waals surface area contributed by atoms with Crippen molar-refractivity contribution in [2.75, 3.05) is 13.1 Å². The van der Waals surface area contributed by atoms with Gasteiger partial charge < -0.3 is 16.0 Å². The Bertz CT molecular complexity index is 549. The minimum atomic E-state index is 0.204. The highest BCUT2D eigenvalue weighted by Crippen LogP contribution is 2.26. The largest absolute Gasteiger partial charge is 0.352 e. The lowest BCUT2D eigenvalue weighted by molar-refractivity contribution is -0.124. The van der Waals surface area contributed by atoms with Crippen LogP contribution >= 0.6 is 0 Å². The molecule has 1 amide bonds. The molecular weight excluding hydrogens is 290 g/mol. The first-order valence-corrected chi connectivity index (χ1v) is 8.81. The number of hydrogen-bond donors (Lipinski definition) is 3. The molecule has 1 unspecified atom stereocenters. The number of aryl methyl sites for hydroxylation is 2. The van der Waals surface area contributed by atoms with Crippen LogP contribution in [0.2, 0.25) is 0 Å². The van der Waals surface area contributed by atoms with Crippen molar-refractivity contribution in [3.05, 3.63) is 17.5 Å². The van der Waals surface area contributed by atoms with Gasteiger partial charge in [-0.3, -0.25) is 9.48 Å². The number of piperidine rings is 2. The van der Waals surface area contributed by atoms with Crippen molar-refractivity contribution in [3.8, 4) is 0 Å². The third-order valence-corrected chi connectivity index (χ3v) is 5.28. The van der Waals surface area contributed by atoms with Gasteiger partial charge in [-0.15, -0.1) is 0 Å². The van der Waals surface area contributed by atoms with E-state index in [1.54, 1.807) is 0 Å². The van der Waals surface area contributed by atoms with Crippen LogP contribution in [0.4, 0.5) is 0 Å². The predicted octanol–water partition coefficient (Wildman–Crippen LogP) is 1.03. The molecule has 0 spiro atoms. The third-order valence-electron chi connectivity index (χ3n) is 5.28. The van der Waals surface area contributed by atoms with E-state index in [1.807, 2.05) is 18.7 Å². The van der Waals surface area contributed by atoms with E-state index in [0.717, 1.165) is 38.0 Å². The summed E-state index contributed by atoms with van der Waals surface area (Å²) in [6.07, 6.45) is 3.82. The molecule has 2 fully saturated rings. The fourth-order valence-corrected chi connectivity index (χ4v) is 4.10. The number of carbonyl (C=O) groups is 1. The van der Waals surface area contributed by atoms with E-state index < -0.39 is 0 Å². The van der Waals surface area contributed by atoms with Crippen LogP contribution in [-0.4, -0.2) is 40.9 Å². The molecule has 3 atom stereocenters. The Morgan fingerprint density at radius 2 is 2.09 bits per heavy atom. The fourth-order valence-electron chi connectivity index (χ4n) is 4.10. The molecule has 3 heterocycles. The van der Waals surface area contributed by atoms with Gasteiger partial charge in [0.05, 0.1) is 11.4 Å². The second-order valence-electron chi connectivity index (χ2n) is 7.05. The fraction of sp³-hybridized carbons (Fsp3) is 0.765. The number of nitrogens with one attached hydrogen (secondary N) is 3. The number of carbonyl (C=O) groups excluding carboxylic acids is 1. The van der Waals surface area contributed by atoms with E-state index in [0.29, 0.717) is 18.4 Å². The van der Waals surface area contributed by atoms with E-state index in [1.165, 1.54) is 5.69 Å². The maximum Gasteiger partial charge on any atom is 0.220 e. The molecule has 23 heavy (non-hydrogen) atoms. The Kier molecular flexibility index (Phi) is 5.02. The van der Waals surface area contributed by atoms with Crippen LogP contribution < -0.4 is 16.0 Å². The average molecular weight is 319 g/mol. The summed E-state index contributed by atoms with van der Waals surface area (Å²) in [7, 11) is 1.99. The topological polar surface area (TPSA) is 71.0 Å². The van der Waals surface area contributed by atoms with Gasteiger partial charge in [0, 0.05) is 31.6 Å². The van der Waals surface area contributed by atoms with Crippen LogP contribution in [0.1, 0.15) is 50.0 Å². The second-order valence-corrected chi connectivity index (χ2v) is 7.05. The monoisotopic (exact) mass is 319 g/mol. The van der Waals surface area contributed by atoms with Crippen molar-refractivity contribution in [2.45, 2.75) is 57.7 Å². The van der Waals surface area contributed by atoms with Crippen LogP contribution in [-0.2, 0) is 11.8 Å². The Balaban J connectivity index is 1.70. The summed E-state index contributed by atoms with van der Waals surface area (Å²) in [6, 6.07) is 2.94. The molecule has 0 aliphatic carbocycles. The lowest BCUT2D eigenvalue weighted by Gasteiger charge is -2.41. The van der Waals surface area contributed by atoms with Gasteiger partial charge in [0.2, 0.25) is 5.91 Å². The SMILES string of the molecule is Cc1cc(C(C)N[C@@H]2CCC(=O)N[C@H]2C2CCNCC2)n(C)n1. The lowest BCUT2D eigenvalue weighted by atomic mass is 9.82. The predicted molar refractivity (Wildman–Crippen MR) is 90.0 cm³/mol. The van der Waals surface area contributed by atoms with E-state index in [4.69, 9.17) is 0 Å². The molecule has 1 aromatic heterocycles. The summed E-state index contributed by atoms with van der Waals surface area (Å²) in [5.74, 6) is 0.772. The van der Waals surface area contributed by atoms with Gasteiger partial charge >= 0.3 is 0 Å². The van der Waals surface area contributed by atoms with Gasteiger partial charge in [-0.25, -0.2) is 0 Å². The highest BCUT2D eigenvalue weighted by molar-refractivity contribution is 5.77. The molecule has 6 heteroatoms. The molecule has 0 saturated carbocycles. The second kappa shape index (κ2) is 7.01. The quantitative estimate of drug-likeness (QED) is 0.775. The van der Waals surface area contributed by atoms with Crippen molar-refractivity contribution in [1.82, 2.24) is 25.7 Å². The Morgan fingerprint density at radius 3 is 2.74 bits per heavy atom. The molecule has 2 saturated heterocycles. The van der Waals surface area contributed by atoms with E-state index in [9.17, 15) is 4.79 Å². The van der Waals surface area contributed by atoms with Crippen LogP contribution in [0.25, 0.3) is 0 Å². The first-order chi connectivity index (χ1) is 11.0. The molecule has 3 N–H and O–H groups in total. The minimum absolute atomic E-state index is 0.204. The first-order valence-electron chi connectivity index (χ1n) is 8.81. The van der Waals surface area contributed by atoms with Crippen molar-refractivity contribution in [3.63, 3.8) is 0 Å². The van der Waals surface area contributed by atoms with Gasteiger partial charge in [0.25, 0.3) is 0 Å². The van der Waals surface area contributed by atoms with Crippen molar-refractivity contribution >= 4 is 5.91 Å². The molecule has 0 aromatic carbocycles. The third kappa shape index (κ3) is 3.75. The maximum absolute atomic E-state index is 11.9. The van der Waals surface area contributed by atoms with E-state index in [2.05, 4.69) is 34.0 Å². The molecular formula is C17H29N5O. The summed E-state index contributed by atoms with van der Waals surface area (Å²) < 4.78 is 1.95. The number of nitrogens with zero attached hydrogens (tertiary/aromatic N) is 2. The maximum atomic E-state index is 11.9. The lowest BCUT2D eigenvalue weighted by Crippen LogP contribution is -2.59. The molecule has 2 aliphatic rings. The van der Waals surface area contributed by atoms with E-state index >= 15 is 0 Å². The molecule has 0 radical (unpaired) electrons. The molecule has 3 rings (SSSR count). The number of aromatic nitrogens is 2. The van der Waals surface area contributed by atoms with Gasteiger partial charge in [-0.1, -0.05) is 0 Å². The summed E-state index contributed by atoms with van der Waals surface area (Å²) in [6.45, 7) is 6.32. The van der Waals surface area contributed by atoms with Gasteiger partial charge in [-0.05, 0) is 58.2 Å². The Hall–Kier alpha value is -1.40. The van der Waals surface area contributed by atoms with Crippen molar-refractivity contribution in [2.24, 2.45) is 13.0 Å². The van der Waals surface area contributed by atoms with Gasteiger partial charge in [0.1, 0.15) is 0 Å². The molecule has 6 nitrogen and oxygen atoms in total. The normalized spacial score (nSPS) is 27.7. The van der Waals surface area contributed by atoms with Crippen molar-refractivity contribution < 1.29 is 4.79 Å². The van der Waals surface area contributed by atoms with Gasteiger partial charge in [-0.2, -0.15) is 5.10 Å². The zero-order valence-corrected chi connectivity index (χ0v) is 14.4. The average Bonchev–Trinajstić information content (AvgIpc) is 2.88. The standard InChI is InChI=1S/C17H29N5O/c1-11-10-15(22(3)21-11)12(2)19-14-4-5-16(23)20-17(14)13-6-8-18-9-7-13/h10,12-14,17-19H,4-9H2,1-3H3,(H,20,23)/t12?,14-,17+/m1/s1. The highest BCUT2D eigenvalue weighted by atomic mass is 16.1. The zero-order valence-electron chi connectivity index (χ0n) is 14.4. The van der Waals surface area contributed by atoms with Crippen LogP contribution in [0.15, 0.2) is 6.07 Å². The molecule has 0 bridgehead atoms. The van der Waals surface area contributed by atoms with Crippen LogP contribution in [0.5, 0.6) is 0 Å². The van der Waals surface area contributed by atoms with E-state index in [-0.39, 0.29) is 18.0 Å². The summed E-state index contributed by atoms with van der Waals surface area (Å²) in [5.41, 5.74) is 2.24. The Morgan fingerprint density at radius 1 is 1.35 bits per heavy atom. The number of amides is 1. The highest BCUT2D eigenvalue weighted by Gasteiger charge is 2.35. The molecule has 1 aromatic rings. The zero-order chi connectivity index (χ0) is 16.4. The van der Waals surface area contributed by atoms with Crippen molar-refractivity contribution in [1.29, 1.82) is 0 Å². The minimum Gasteiger partial charge on any atom is -0.352 e. The Labute approximate surface area is 138 Å². The van der Waals surface area contributed by atoms with Crippen LogP contribution in [0.3, 0.4) is 0 Å².